The number of carbonyl (C=O) groups excluding carboxylic acids is 2. The summed E-state index contributed by atoms with van der Waals surface area (Å²) < 4.78 is 10.2. The summed E-state index contributed by atoms with van der Waals surface area (Å²) in [6.45, 7) is 9.23. The normalized spacial score (nSPS) is 28.8. The van der Waals surface area contributed by atoms with Gasteiger partial charge in [-0.1, -0.05) is 32.4 Å². The van der Waals surface area contributed by atoms with Crippen LogP contribution in [0.4, 0.5) is 0 Å². The second kappa shape index (κ2) is 7.62. The fourth-order valence-corrected chi connectivity index (χ4v) is 3.16. The van der Waals surface area contributed by atoms with Gasteiger partial charge in [-0.2, -0.15) is 0 Å². The van der Waals surface area contributed by atoms with Gasteiger partial charge in [-0.25, -0.2) is 9.59 Å². The fraction of sp³-hybridized carbons (Fsp3) is 0.684. The largest absolute Gasteiger partial charge is 0.386 e. The third kappa shape index (κ3) is 4.77. The highest BCUT2D eigenvalue weighted by Gasteiger charge is 2.31. The molecule has 0 aromatic carbocycles. The van der Waals surface area contributed by atoms with Crippen molar-refractivity contribution in [3.8, 4) is 0 Å². The van der Waals surface area contributed by atoms with Crippen LogP contribution in [0.1, 0.15) is 47.0 Å². The van der Waals surface area contributed by atoms with Gasteiger partial charge in [-0.3, -0.25) is 0 Å². The van der Waals surface area contributed by atoms with Crippen molar-refractivity contribution >= 4 is 11.9 Å². The molecule has 0 amide bonds. The van der Waals surface area contributed by atoms with E-state index in [2.05, 4.69) is 43.8 Å². The molecule has 2 unspecified atom stereocenters. The average Bonchev–Trinajstić information content (AvgIpc) is 2.82. The first-order valence-corrected chi connectivity index (χ1v) is 8.62. The molecule has 0 spiro atoms. The van der Waals surface area contributed by atoms with Gasteiger partial charge in [-0.15, -0.1) is 0 Å². The Labute approximate surface area is 144 Å². The van der Waals surface area contributed by atoms with Gasteiger partial charge in [0.1, 0.15) is 0 Å². The number of methoxy groups -OCH3 is 1. The molecule has 1 aliphatic carbocycles. The van der Waals surface area contributed by atoms with E-state index < -0.39 is 11.9 Å². The van der Waals surface area contributed by atoms with Gasteiger partial charge in [0, 0.05) is 25.8 Å². The number of rotatable bonds is 5. The first kappa shape index (κ1) is 18.9. The minimum absolute atomic E-state index is 0.0986. The predicted molar refractivity (Wildman–Crippen MR) is 92.3 cm³/mol. The number of allylic oxidation sites excluding steroid dienone is 2. The van der Waals surface area contributed by atoms with Crippen LogP contribution < -0.4 is 5.32 Å². The Kier molecular flexibility index (Phi) is 5.99. The van der Waals surface area contributed by atoms with Crippen molar-refractivity contribution in [3.63, 3.8) is 0 Å². The summed E-state index contributed by atoms with van der Waals surface area (Å²) >= 11 is 0. The molecule has 0 aromatic heterocycles. The molecule has 5 nitrogen and oxygen atoms in total. The highest BCUT2D eigenvalue weighted by Crippen LogP contribution is 2.32. The number of carbonyl (C=O) groups is 2. The Morgan fingerprint density at radius 3 is 2.62 bits per heavy atom. The lowest BCUT2D eigenvalue weighted by Crippen LogP contribution is -2.46. The van der Waals surface area contributed by atoms with Crippen LogP contribution in [0.15, 0.2) is 23.3 Å². The van der Waals surface area contributed by atoms with Crippen molar-refractivity contribution in [2.45, 2.75) is 59.1 Å². The molecule has 0 bridgehead atoms. The standard InChI is InChI=1S/C19H29NO4/c1-12(19(2,3)4)8-13-6-7-15(16(9-13)23-5)20-11-14-10-17(21)24-18(14)22/h8,10,13,15-16,20H,6-7,9,11H2,1-5H3/b12-8+/t13?,15?,16-/m1/s1. The fourth-order valence-electron chi connectivity index (χ4n) is 3.16. The number of hydrogen-bond acceptors (Lipinski definition) is 5. The minimum Gasteiger partial charge on any atom is -0.386 e. The van der Waals surface area contributed by atoms with Crippen molar-refractivity contribution in [3.05, 3.63) is 23.3 Å². The first-order chi connectivity index (χ1) is 11.2. The van der Waals surface area contributed by atoms with Crippen LogP contribution in [0.5, 0.6) is 0 Å². The van der Waals surface area contributed by atoms with Crippen LogP contribution in [0, 0.1) is 11.3 Å². The molecule has 24 heavy (non-hydrogen) atoms. The number of cyclic esters (lactones) is 2. The molecule has 2 aliphatic rings. The Morgan fingerprint density at radius 2 is 2.08 bits per heavy atom. The van der Waals surface area contributed by atoms with Crippen LogP contribution in [-0.4, -0.2) is 37.7 Å². The van der Waals surface area contributed by atoms with Crippen LogP contribution in [0.25, 0.3) is 0 Å². The van der Waals surface area contributed by atoms with Crippen molar-refractivity contribution in [2.75, 3.05) is 13.7 Å². The summed E-state index contributed by atoms with van der Waals surface area (Å²) in [4.78, 5) is 22.6. The van der Waals surface area contributed by atoms with E-state index in [0.717, 1.165) is 19.3 Å². The Hall–Kier alpha value is -1.46. The zero-order chi connectivity index (χ0) is 17.9. The maximum Gasteiger partial charge on any atom is 0.343 e. The zero-order valence-corrected chi connectivity index (χ0v) is 15.3. The predicted octanol–water partition coefficient (Wildman–Crippen LogP) is 2.76. The smallest absolute Gasteiger partial charge is 0.343 e. The van der Waals surface area contributed by atoms with E-state index in [0.29, 0.717) is 18.0 Å². The second-order valence-electron chi connectivity index (χ2n) is 7.81. The second-order valence-corrected chi connectivity index (χ2v) is 7.81. The number of esters is 2. The average molecular weight is 335 g/mol. The quantitative estimate of drug-likeness (QED) is 0.475. The van der Waals surface area contributed by atoms with Gasteiger partial charge in [0.2, 0.25) is 0 Å². The van der Waals surface area contributed by atoms with E-state index in [1.54, 1.807) is 7.11 Å². The highest BCUT2D eigenvalue weighted by molar-refractivity contribution is 6.09. The number of nitrogens with one attached hydrogen (secondary N) is 1. The van der Waals surface area contributed by atoms with Crippen LogP contribution in [0.2, 0.25) is 0 Å². The van der Waals surface area contributed by atoms with Gasteiger partial charge < -0.3 is 14.8 Å². The Morgan fingerprint density at radius 1 is 1.38 bits per heavy atom. The van der Waals surface area contributed by atoms with Crippen LogP contribution in [0.3, 0.4) is 0 Å². The molecule has 2 rings (SSSR count). The maximum atomic E-state index is 11.5. The molecule has 3 atom stereocenters. The lowest BCUT2D eigenvalue weighted by atomic mass is 9.79. The summed E-state index contributed by atoms with van der Waals surface area (Å²) in [5, 5.41) is 3.35. The van der Waals surface area contributed by atoms with Gasteiger partial charge in [0.25, 0.3) is 0 Å². The van der Waals surface area contributed by atoms with Gasteiger partial charge in [0.05, 0.1) is 11.7 Å². The molecular weight excluding hydrogens is 306 g/mol. The molecular formula is C19H29NO4. The zero-order valence-electron chi connectivity index (χ0n) is 15.3. The molecule has 1 fully saturated rings. The number of ether oxygens (including phenoxy) is 2. The van der Waals surface area contributed by atoms with E-state index in [1.807, 2.05) is 0 Å². The molecule has 134 valence electrons. The SMILES string of the molecule is CO[C@@H]1CC(/C=C(\C)C(C)(C)C)CCC1NCC1=CC(=O)OC1=O. The molecule has 0 aromatic rings. The third-order valence-electron chi connectivity index (χ3n) is 5.11. The number of hydrogen-bond donors (Lipinski definition) is 1. The molecule has 1 saturated carbocycles. The molecule has 5 heteroatoms. The van der Waals surface area contributed by atoms with Gasteiger partial charge >= 0.3 is 11.9 Å². The maximum absolute atomic E-state index is 11.5. The highest BCUT2D eigenvalue weighted by atomic mass is 16.6. The Bertz CT molecular complexity index is 556. The summed E-state index contributed by atoms with van der Waals surface area (Å²) in [7, 11) is 1.73. The van der Waals surface area contributed by atoms with E-state index in [-0.39, 0.29) is 17.6 Å². The summed E-state index contributed by atoms with van der Waals surface area (Å²) in [6, 6.07) is 0.180. The summed E-state index contributed by atoms with van der Waals surface area (Å²) in [5.74, 6) is -0.602. The summed E-state index contributed by atoms with van der Waals surface area (Å²) in [5.41, 5.74) is 1.99. The van der Waals surface area contributed by atoms with E-state index in [4.69, 9.17) is 4.74 Å². The first-order valence-electron chi connectivity index (χ1n) is 8.62. The summed E-state index contributed by atoms with van der Waals surface area (Å²) in [6.07, 6.45) is 6.78. The lowest BCUT2D eigenvalue weighted by Gasteiger charge is -2.35. The Balaban J connectivity index is 1.92. The lowest BCUT2D eigenvalue weighted by molar-refractivity contribution is -0.150. The monoisotopic (exact) mass is 335 g/mol. The van der Waals surface area contributed by atoms with Crippen LogP contribution in [-0.2, 0) is 19.1 Å². The van der Waals surface area contributed by atoms with E-state index in [9.17, 15) is 9.59 Å². The minimum atomic E-state index is -0.577. The third-order valence-corrected chi connectivity index (χ3v) is 5.11. The van der Waals surface area contributed by atoms with Crippen LogP contribution >= 0.6 is 0 Å². The van der Waals surface area contributed by atoms with Crippen molar-refractivity contribution in [1.82, 2.24) is 5.32 Å². The van der Waals surface area contributed by atoms with Crippen molar-refractivity contribution in [2.24, 2.45) is 11.3 Å². The van der Waals surface area contributed by atoms with E-state index >= 15 is 0 Å². The molecule has 1 aliphatic heterocycles. The van der Waals surface area contributed by atoms with Gasteiger partial charge in [-0.05, 0) is 37.5 Å². The molecule has 1 N–H and O–H groups in total. The molecule has 0 radical (unpaired) electrons. The van der Waals surface area contributed by atoms with Crippen molar-refractivity contribution in [1.29, 1.82) is 0 Å². The van der Waals surface area contributed by atoms with Crippen molar-refractivity contribution < 1.29 is 19.1 Å². The molecule has 1 heterocycles. The topological polar surface area (TPSA) is 64.6 Å². The van der Waals surface area contributed by atoms with E-state index in [1.165, 1.54) is 11.6 Å². The molecule has 0 saturated heterocycles. The van der Waals surface area contributed by atoms with Gasteiger partial charge in [0.15, 0.2) is 0 Å².